The zero-order chi connectivity index (χ0) is 7.49. The summed E-state index contributed by atoms with van der Waals surface area (Å²) in [5.74, 6) is 0. The number of hydrogen-bond donors (Lipinski definition) is 2. The molecule has 0 saturated heterocycles. The second-order valence-electron chi connectivity index (χ2n) is 1.26. The number of nitrogens with one attached hydrogen (secondary N) is 1. The Bertz CT molecular complexity index is 135. The van der Waals surface area contributed by atoms with Gasteiger partial charge in [0.25, 0.3) is 0 Å². The molecule has 1 amide bonds. The number of hydrogen-bond acceptors (Lipinski definition) is 1. The van der Waals surface area contributed by atoms with Crippen LogP contribution in [0.25, 0.3) is 0 Å². The lowest BCUT2D eigenvalue weighted by Gasteiger charge is -2.08. The Morgan fingerprint density at radius 2 is 2.22 bits per heavy atom. The number of carbonyl (C=O) groups is 1. The van der Waals surface area contributed by atoms with Crippen LogP contribution in [0.5, 0.6) is 0 Å². The zero-order valence-electron chi connectivity index (χ0n) is 4.40. The van der Waals surface area contributed by atoms with Crippen LogP contribution in [0, 0.1) is 0 Å². The third kappa shape index (κ3) is 3.45. The van der Waals surface area contributed by atoms with Crippen molar-refractivity contribution in [2.45, 2.75) is 6.05 Å². The van der Waals surface area contributed by atoms with Crippen molar-refractivity contribution in [1.82, 2.24) is 5.32 Å². The molecule has 0 bridgehead atoms. The molecule has 0 saturated carbocycles. The van der Waals surface area contributed by atoms with E-state index < -0.39 is 12.1 Å². The second kappa shape index (κ2) is 2.43. The summed E-state index contributed by atoms with van der Waals surface area (Å²) in [7, 11) is 0. The Kier molecular flexibility index (Phi) is 2.12. The van der Waals surface area contributed by atoms with E-state index in [9.17, 15) is 13.6 Å². The molecule has 0 aliphatic heterocycles. The van der Waals surface area contributed by atoms with Crippen LogP contribution in [0.15, 0.2) is 12.7 Å². The van der Waals surface area contributed by atoms with Gasteiger partial charge in [-0.1, -0.05) is 6.58 Å². The van der Waals surface area contributed by atoms with Crippen molar-refractivity contribution < 1.29 is 18.7 Å². The highest BCUT2D eigenvalue weighted by Crippen LogP contribution is 2.08. The van der Waals surface area contributed by atoms with E-state index in [0.717, 1.165) is 5.32 Å². The molecule has 0 fully saturated rings. The average molecular weight is 137 g/mol. The van der Waals surface area contributed by atoms with Crippen molar-refractivity contribution in [3.8, 4) is 0 Å². The predicted octanol–water partition coefficient (Wildman–Crippen LogP) is 1.03. The van der Waals surface area contributed by atoms with Crippen molar-refractivity contribution >= 4 is 6.09 Å². The Morgan fingerprint density at radius 3 is 2.33 bits per heavy atom. The Labute approximate surface area is 50.0 Å². The van der Waals surface area contributed by atoms with Crippen molar-refractivity contribution in [3.63, 3.8) is 0 Å². The monoisotopic (exact) mass is 137 g/mol. The van der Waals surface area contributed by atoms with Gasteiger partial charge in [0.2, 0.25) is 0 Å². The first-order valence-electron chi connectivity index (χ1n) is 2.00. The van der Waals surface area contributed by atoms with Crippen molar-refractivity contribution in [3.05, 3.63) is 12.7 Å². The Balaban J connectivity index is 3.86. The van der Waals surface area contributed by atoms with Gasteiger partial charge in [-0.25, -0.2) is 4.79 Å². The van der Waals surface area contributed by atoms with Crippen molar-refractivity contribution in [1.29, 1.82) is 0 Å². The van der Waals surface area contributed by atoms with Gasteiger partial charge >= 0.3 is 12.1 Å². The molecule has 0 aromatic heterocycles. The van der Waals surface area contributed by atoms with E-state index >= 15 is 0 Å². The molecule has 9 heavy (non-hydrogen) atoms. The summed E-state index contributed by atoms with van der Waals surface area (Å²) in [4.78, 5) is 9.53. The van der Waals surface area contributed by atoms with Crippen LogP contribution in [0.1, 0.15) is 0 Å². The Morgan fingerprint density at radius 1 is 1.78 bits per heavy atom. The minimum Gasteiger partial charge on any atom is -0.465 e. The first kappa shape index (κ1) is 7.87. The standard InChI is InChI=1S/C4H5F2NO2/c1-2-4(5,6)7-3(8)9/h2,7H,1H2,(H,8,9). The molecule has 0 unspecified atom stereocenters. The van der Waals surface area contributed by atoms with Crippen LogP contribution in [-0.2, 0) is 0 Å². The number of alkyl halides is 2. The van der Waals surface area contributed by atoms with E-state index in [4.69, 9.17) is 5.11 Å². The fraction of sp³-hybridized carbons (Fsp3) is 0.250. The predicted molar refractivity (Wildman–Crippen MR) is 26.3 cm³/mol. The topological polar surface area (TPSA) is 49.3 Å². The van der Waals surface area contributed by atoms with Gasteiger partial charge in [0.05, 0.1) is 0 Å². The maximum absolute atomic E-state index is 11.8. The number of amides is 1. The summed E-state index contributed by atoms with van der Waals surface area (Å²) in [6.45, 7) is 2.71. The molecule has 0 aliphatic rings. The molecule has 5 heteroatoms. The fourth-order valence-electron chi connectivity index (χ4n) is 0.194. The summed E-state index contributed by atoms with van der Waals surface area (Å²) in [5, 5.41) is 8.68. The van der Waals surface area contributed by atoms with Gasteiger partial charge in [0.1, 0.15) is 0 Å². The summed E-state index contributed by atoms with van der Waals surface area (Å²) in [5.41, 5.74) is 0. The van der Waals surface area contributed by atoms with Gasteiger partial charge in [-0.3, -0.25) is 5.32 Å². The van der Waals surface area contributed by atoms with Crippen LogP contribution in [0.2, 0.25) is 0 Å². The summed E-state index contributed by atoms with van der Waals surface area (Å²) >= 11 is 0. The SMILES string of the molecule is C=CC(F)(F)NC(=O)O. The highest BCUT2D eigenvalue weighted by molar-refractivity contribution is 5.65. The van der Waals surface area contributed by atoms with Gasteiger partial charge in [0, 0.05) is 0 Å². The summed E-state index contributed by atoms with van der Waals surface area (Å²) in [6.07, 6.45) is -1.57. The van der Waals surface area contributed by atoms with Crippen LogP contribution in [-0.4, -0.2) is 17.2 Å². The zero-order valence-corrected chi connectivity index (χ0v) is 4.40. The van der Waals surface area contributed by atoms with E-state index in [0.29, 0.717) is 0 Å². The lowest BCUT2D eigenvalue weighted by Crippen LogP contribution is -2.37. The van der Waals surface area contributed by atoms with E-state index in [1.54, 1.807) is 0 Å². The highest BCUT2D eigenvalue weighted by atomic mass is 19.3. The van der Waals surface area contributed by atoms with Gasteiger partial charge < -0.3 is 5.11 Å². The second-order valence-corrected chi connectivity index (χ2v) is 1.26. The first-order chi connectivity index (χ1) is 3.98. The Hall–Kier alpha value is -1.13. The lowest BCUT2D eigenvalue weighted by molar-refractivity contribution is 0.0214. The maximum Gasteiger partial charge on any atom is 0.409 e. The van der Waals surface area contributed by atoms with E-state index in [2.05, 4.69) is 6.58 Å². The normalized spacial score (nSPS) is 10.4. The van der Waals surface area contributed by atoms with Gasteiger partial charge in [-0.15, -0.1) is 0 Å². The number of carboxylic acid groups (broad SMARTS) is 1. The van der Waals surface area contributed by atoms with Crippen LogP contribution >= 0.6 is 0 Å². The third-order valence-corrected chi connectivity index (χ3v) is 0.530. The molecular weight excluding hydrogens is 132 g/mol. The lowest BCUT2D eigenvalue weighted by atomic mass is 10.5. The molecule has 3 nitrogen and oxygen atoms in total. The minimum atomic E-state index is -3.52. The molecule has 0 aliphatic carbocycles. The molecule has 52 valence electrons. The largest absolute Gasteiger partial charge is 0.465 e. The van der Waals surface area contributed by atoms with Crippen molar-refractivity contribution in [2.75, 3.05) is 0 Å². The molecule has 0 aromatic carbocycles. The number of halogens is 2. The third-order valence-electron chi connectivity index (χ3n) is 0.530. The molecule has 0 aromatic rings. The molecule has 0 atom stereocenters. The summed E-state index contributed by atoms with van der Waals surface area (Å²) < 4.78 is 23.6. The van der Waals surface area contributed by atoms with Crippen LogP contribution in [0.3, 0.4) is 0 Å². The van der Waals surface area contributed by atoms with E-state index in [1.807, 2.05) is 0 Å². The molecule has 2 N–H and O–H groups in total. The molecular formula is C4H5F2NO2. The molecule has 0 radical (unpaired) electrons. The van der Waals surface area contributed by atoms with Crippen LogP contribution in [0.4, 0.5) is 13.6 Å². The molecule has 0 rings (SSSR count). The maximum atomic E-state index is 11.8. The van der Waals surface area contributed by atoms with Gasteiger partial charge in [0.15, 0.2) is 0 Å². The van der Waals surface area contributed by atoms with E-state index in [-0.39, 0.29) is 6.08 Å². The molecule has 0 heterocycles. The summed E-state index contributed by atoms with van der Waals surface area (Å²) in [6, 6.07) is -3.52. The van der Waals surface area contributed by atoms with E-state index in [1.165, 1.54) is 0 Å². The quantitative estimate of drug-likeness (QED) is 0.441. The van der Waals surface area contributed by atoms with Crippen LogP contribution < -0.4 is 5.32 Å². The van der Waals surface area contributed by atoms with Crippen molar-refractivity contribution in [2.24, 2.45) is 0 Å². The minimum absolute atomic E-state index is 0.209. The highest BCUT2D eigenvalue weighted by Gasteiger charge is 2.25. The smallest absolute Gasteiger partial charge is 0.409 e. The average Bonchev–Trinajstić information content (AvgIpc) is 1.63. The van der Waals surface area contributed by atoms with Gasteiger partial charge in [-0.2, -0.15) is 8.78 Å². The fourth-order valence-corrected chi connectivity index (χ4v) is 0.194. The van der Waals surface area contributed by atoms with Gasteiger partial charge in [-0.05, 0) is 6.08 Å². The number of rotatable bonds is 2. The first-order valence-corrected chi connectivity index (χ1v) is 2.00. The molecule has 0 spiro atoms.